The van der Waals surface area contributed by atoms with Crippen LogP contribution in [0.25, 0.3) is 5.78 Å². The standard InChI is InChI=1S/C13H19ClN6/c1-3-18(4-2)10-5-6-19(8-10)12-7-11(14)17-13-15-9-16-20(12)13/h7,9-10H,3-6,8H2,1-2H3. The van der Waals surface area contributed by atoms with Crippen LogP contribution >= 0.6 is 11.6 Å². The predicted molar refractivity (Wildman–Crippen MR) is 79.3 cm³/mol. The Balaban J connectivity index is 1.87. The van der Waals surface area contributed by atoms with E-state index in [0.29, 0.717) is 17.0 Å². The Morgan fingerprint density at radius 1 is 1.40 bits per heavy atom. The zero-order chi connectivity index (χ0) is 14.1. The van der Waals surface area contributed by atoms with Gasteiger partial charge in [0.05, 0.1) is 0 Å². The fraction of sp³-hybridized carbons (Fsp3) is 0.615. The third kappa shape index (κ3) is 2.33. The molecule has 0 spiro atoms. The van der Waals surface area contributed by atoms with E-state index >= 15 is 0 Å². The highest BCUT2D eigenvalue weighted by Gasteiger charge is 2.28. The van der Waals surface area contributed by atoms with Crippen LogP contribution in [0.15, 0.2) is 12.4 Å². The van der Waals surface area contributed by atoms with E-state index in [-0.39, 0.29) is 0 Å². The van der Waals surface area contributed by atoms with E-state index in [1.807, 2.05) is 6.07 Å². The van der Waals surface area contributed by atoms with E-state index in [0.717, 1.165) is 38.4 Å². The highest BCUT2D eigenvalue weighted by molar-refractivity contribution is 6.29. The van der Waals surface area contributed by atoms with Crippen LogP contribution in [0.2, 0.25) is 5.15 Å². The lowest BCUT2D eigenvalue weighted by molar-refractivity contribution is 0.232. The van der Waals surface area contributed by atoms with Crippen molar-refractivity contribution in [3.8, 4) is 0 Å². The molecule has 0 saturated carbocycles. The smallest absolute Gasteiger partial charge is 0.255 e. The van der Waals surface area contributed by atoms with Crippen LogP contribution in [0.1, 0.15) is 20.3 Å². The molecule has 7 heteroatoms. The zero-order valence-corrected chi connectivity index (χ0v) is 12.6. The van der Waals surface area contributed by atoms with E-state index in [1.54, 1.807) is 4.52 Å². The molecule has 6 nitrogen and oxygen atoms in total. The number of nitrogens with zero attached hydrogens (tertiary/aromatic N) is 6. The van der Waals surface area contributed by atoms with Crippen molar-refractivity contribution in [1.82, 2.24) is 24.5 Å². The van der Waals surface area contributed by atoms with E-state index < -0.39 is 0 Å². The lowest BCUT2D eigenvalue weighted by Gasteiger charge is -2.26. The van der Waals surface area contributed by atoms with E-state index in [4.69, 9.17) is 11.6 Å². The number of hydrogen-bond acceptors (Lipinski definition) is 5. The summed E-state index contributed by atoms with van der Waals surface area (Å²) in [6.45, 7) is 8.61. The summed E-state index contributed by atoms with van der Waals surface area (Å²) in [7, 11) is 0. The summed E-state index contributed by atoms with van der Waals surface area (Å²) < 4.78 is 1.76. The largest absolute Gasteiger partial charge is 0.355 e. The van der Waals surface area contributed by atoms with Gasteiger partial charge in [0.15, 0.2) is 0 Å². The fourth-order valence-corrected chi connectivity index (χ4v) is 3.16. The topological polar surface area (TPSA) is 49.6 Å². The normalized spacial score (nSPS) is 19.4. The molecule has 0 bridgehead atoms. The average Bonchev–Trinajstić information content (AvgIpc) is 3.08. The Kier molecular flexibility index (Phi) is 3.76. The third-order valence-electron chi connectivity index (χ3n) is 4.02. The zero-order valence-electron chi connectivity index (χ0n) is 11.8. The van der Waals surface area contributed by atoms with Crippen LogP contribution < -0.4 is 4.90 Å². The molecule has 1 fully saturated rings. The van der Waals surface area contributed by atoms with Gasteiger partial charge in [-0.05, 0) is 19.5 Å². The van der Waals surface area contributed by atoms with Gasteiger partial charge in [0.1, 0.15) is 17.3 Å². The second-order valence-electron chi connectivity index (χ2n) is 5.02. The Hall–Kier alpha value is -1.40. The van der Waals surface area contributed by atoms with Crippen molar-refractivity contribution in [2.75, 3.05) is 31.1 Å². The van der Waals surface area contributed by atoms with E-state index in [1.165, 1.54) is 6.33 Å². The first-order valence-corrected chi connectivity index (χ1v) is 7.46. The summed E-state index contributed by atoms with van der Waals surface area (Å²) in [5, 5.41) is 4.71. The molecule has 1 unspecified atom stereocenters. The maximum Gasteiger partial charge on any atom is 0.255 e. The number of hydrogen-bond donors (Lipinski definition) is 0. The molecule has 2 aromatic rings. The summed E-state index contributed by atoms with van der Waals surface area (Å²) in [5.74, 6) is 1.53. The Labute approximate surface area is 123 Å². The summed E-state index contributed by atoms with van der Waals surface area (Å²) in [5.41, 5.74) is 0. The number of rotatable bonds is 4. The van der Waals surface area contributed by atoms with Crippen LogP contribution in [0.3, 0.4) is 0 Å². The molecule has 0 aliphatic carbocycles. The molecule has 20 heavy (non-hydrogen) atoms. The molecule has 3 heterocycles. The van der Waals surface area contributed by atoms with Gasteiger partial charge in [0.2, 0.25) is 0 Å². The quantitative estimate of drug-likeness (QED) is 0.803. The molecule has 1 aliphatic rings. The molecular formula is C13H19ClN6. The van der Waals surface area contributed by atoms with Crippen LogP contribution in [0.5, 0.6) is 0 Å². The molecule has 108 valence electrons. The Bertz CT molecular complexity index is 594. The highest BCUT2D eigenvalue weighted by Crippen LogP contribution is 2.24. The van der Waals surface area contributed by atoms with Gasteiger partial charge < -0.3 is 4.90 Å². The summed E-state index contributed by atoms with van der Waals surface area (Å²) >= 11 is 6.08. The van der Waals surface area contributed by atoms with E-state index in [9.17, 15) is 0 Å². The van der Waals surface area contributed by atoms with Crippen molar-refractivity contribution in [2.45, 2.75) is 26.3 Å². The van der Waals surface area contributed by atoms with Gasteiger partial charge in [-0.2, -0.15) is 19.6 Å². The van der Waals surface area contributed by atoms with Crippen molar-refractivity contribution in [2.24, 2.45) is 0 Å². The maximum atomic E-state index is 6.08. The van der Waals surface area contributed by atoms with Crippen LogP contribution in [-0.4, -0.2) is 56.7 Å². The second-order valence-corrected chi connectivity index (χ2v) is 5.41. The van der Waals surface area contributed by atoms with Crippen molar-refractivity contribution in [3.63, 3.8) is 0 Å². The molecule has 2 aromatic heterocycles. The lowest BCUT2D eigenvalue weighted by Crippen LogP contribution is -2.37. The van der Waals surface area contributed by atoms with Gasteiger partial charge in [0, 0.05) is 25.2 Å². The van der Waals surface area contributed by atoms with Gasteiger partial charge in [-0.15, -0.1) is 0 Å². The van der Waals surface area contributed by atoms with Crippen molar-refractivity contribution >= 4 is 23.2 Å². The Morgan fingerprint density at radius 3 is 2.95 bits per heavy atom. The summed E-state index contributed by atoms with van der Waals surface area (Å²) in [4.78, 5) is 13.1. The SMILES string of the molecule is CCN(CC)C1CCN(c2cc(Cl)nc3ncnn23)C1. The maximum absolute atomic E-state index is 6.08. The molecule has 0 aromatic carbocycles. The van der Waals surface area contributed by atoms with Crippen molar-refractivity contribution in [1.29, 1.82) is 0 Å². The average molecular weight is 295 g/mol. The first-order valence-electron chi connectivity index (χ1n) is 7.08. The van der Waals surface area contributed by atoms with Crippen LogP contribution in [0.4, 0.5) is 5.82 Å². The monoisotopic (exact) mass is 294 g/mol. The van der Waals surface area contributed by atoms with Crippen molar-refractivity contribution in [3.05, 3.63) is 17.5 Å². The first-order chi connectivity index (χ1) is 9.72. The first kappa shape index (κ1) is 13.6. The van der Waals surface area contributed by atoms with Gasteiger partial charge in [-0.1, -0.05) is 25.4 Å². The number of anilines is 1. The number of fused-ring (bicyclic) bond motifs is 1. The van der Waals surface area contributed by atoms with Gasteiger partial charge >= 0.3 is 0 Å². The van der Waals surface area contributed by atoms with Crippen LogP contribution in [0, 0.1) is 0 Å². The molecule has 0 radical (unpaired) electrons. The van der Waals surface area contributed by atoms with Gasteiger partial charge in [-0.3, -0.25) is 4.90 Å². The molecule has 1 saturated heterocycles. The molecule has 3 rings (SSSR count). The molecule has 0 N–H and O–H groups in total. The molecule has 1 aliphatic heterocycles. The minimum absolute atomic E-state index is 0.465. The van der Waals surface area contributed by atoms with Crippen LogP contribution in [-0.2, 0) is 0 Å². The molecule has 1 atom stereocenters. The van der Waals surface area contributed by atoms with Gasteiger partial charge in [-0.25, -0.2) is 0 Å². The molecular weight excluding hydrogens is 276 g/mol. The Morgan fingerprint density at radius 2 is 2.20 bits per heavy atom. The number of halogens is 1. The van der Waals surface area contributed by atoms with Crippen molar-refractivity contribution < 1.29 is 0 Å². The fourth-order valence-electron chi connectivity index (χ4n) is 2.98. The minimum atomic E-state index is 0.465. The third-order valence-corrected chi connectivity index (χ3v) is 4.21. The number of aromatic nitrogens is 4. The second kappa shape index (κ2) is 5.54. The summed E-state index contributed by atoms with van der Waals surface area (Å²) in [6.07, 6.45) is 2.68. The van der Waals surface area contributed by atoms with E-state index in [2.05, 4.69) is 38.7 Å². The lowest BCUT2D eigenvalue weighted by atomic mass is 10.2. The highest BCUT2D eigenvalue weighted by atomic mass is 35.5. The molecule has 0 amide bonds. The summed E-state index contributed by atoms with van der Waals surface area (Å²) in [6, 6.07) is 2.46. The predicted octanol–water partition coefficient (Wildman–Crippen LogP) is 1.70. The van der Waals surface area contributed by atoms with Gasteiger partial charge in [0.25, 0.3) is 5.78 Å². The number of likely N-dealkylation sites (N-methyl/N-ethyl adjacent to an activating group) is 1. The minimum Gasteiger partial charge on any atom is -0.355 e.